The number of carbonyl (C=O) groups excluding carboxylic acids is 7. The van der Waals surface area contributed by atoms with Crippen LogP contribution in [0.25, 0.3) is 0 Å². The van der Waals surface area contributed by atoms with Crippen molar-refractivity contribution in [3.05, 3.63) is 0 Å². The van der Waals surface area contributed by atoms with E-state index in [0.29, 0.717) is 32.1 Å². The van der Waals surface area contributed by atoms with Crippen molar-refractivity contribution in [1.82, 2.24) is 26.2 Å². The minimum atomic E-state index is -2.46. The fourth-order valence-corrected chi connectivity index (χ4v) is 5.63. The number of hydrogen-bond acceptors (Lipinski definition) is 13. The zero-order valence-corrected chi connectivity index (χ0v) is 37.1. The number of esters is 2. The summed E-state index contributed by atoms with van der Waals surface area (Å²) >= 11 is 0. The van der Waals surface area contributed by atoms with Crippen LogP contribution in [0.1, 0.15) is 134 Å². The van der Waals surface area contributed by atoms with Crippen LogP contribution in [0, 0.1) is 0 Å². The molecule has 0 bridgehead atoms. The van der Waals surface area contributed by atoms with Gasteiger partial charge in [0.05, 0.1) is 25.4 Å². The Bertz CT molecular complexity index is 1410. The minimum absolute atomic E-state index is 0.0444. The molecule has 18 nitrogen and oxygen atoms in total. The smallest absolute Gasteiger partial charge is 0.407 e. The largest absolute Gasteiger partial charge is 0.467 e. The Kier molecular flexibility index (Phi) is 19.9. The van der Waals surface area contributed by atoms with Gasteiger partial charge in [0.15, 0.2) is 0 Å². The van der Waals surface area contributed by atoms with Crippen molar-refractivity contribution in [2.24, 2.45) is 5.73 Å². The van der Waals surface area contributed by atoms with Crippen LogP contribution in [-0.4, -0.2) is 126 Å². The van der Waals surface area contributed by atoms with Crippen LogP contribution < -0.4 is 27.0 Å². The van der Waals surface area contributed by atoms with Crippen LogP contribution in [0.4, 0.5) is 9.59 Å². The third kappa shape index (κ3) is 19.5. The van der Waals surface area contributed by atoms with Gasteiger partial charge in [0.25, 0.3) is 5.91 Å². The number of likely N-dealkylation sites (tertiary alicyclic amines) is 1. The summed E-state index contributed by atoms with van der Waals surface area (Å²) < 4.78 is 27.2. The van der Waals surface area contributed by atoms with Crippen molar-refractivity contribution in [3.8, 4) is 0 Å². The molecule has 1 aliphatic rings. The van der Waals surface area contributed by atoms with E-state index in [1.807, 2.05) is 0 Å². The molecular formula is C40H72N6O12. The lowest BCUT2D eigenvalue weighted by atomic mass is 9.95. The van der Waals surface area contributed by atoms with Gasteiger partial charge in [-0.2, -0.15) is 0 Å². The molecule has 0 saturated carbocycles. The fourth-order valence-electron chi connectivity index (χ4n) is 5.63. The summed E-state index contributed by atoms with van der Waals surface area (Å²) in [6.45, 7) is 20.4. The summed E-state index contributed by atoms with van der Waals surface area (Å²) in [7, 11) is 1.19. The number of methoxy groups -OCH3 is 1. The Morgan fingerprint density at radius 3 is 1.67 bits per heavy atom. The fraction of sp³-hybridized carbons (Fsp3) is 0.825. The lowest BCUT2D eigenvalue weighted by molar-refractivity contribution is -0.177. The van der Waals surface area contributed by atoms with E-state index in [2.05, 4.69) is 21.3 Å². The first-order chi connectivity index (χ1) is 26.5. The molecule has 1 heterocycles. The highest BCUT2D eigenvalue weighted by molar-refractivity contribution is 6.12. The first-order valence-corrected chi connectivity index (χ1v) is 20.1. The molecule has 0 aliphatic carbocycles. The second-order valence-corrected chi connectivity index (χ2v) is 18.5. The molecule has 1 aliphatic heterocycles. The zero-order chi connectivity index (χ0) is 44.7. The minimum Gasteiger partial charge on any atom is -0.467 e. The van der Waals surface area contributed by atoms with E-state index < -0.39 is 94.5 Å². The Hall–Kier alpha value is -4.19. The highest BCUT2D eigenvalue weighted by Crippen LogP contribution is 2.27. The second-order valence-electron chi connectivity index (χ2n) is 18.5. The number of unbranched alkanes of at least 4 members (excludes halogenated alkanes) is 2. The first kappa shape index (κ1) is 51.8. The van der Waals surface area contributed by atoms with Gasteiger partial charge in [-0.15, -0.1) is 0 Å². The number of amides is 5. The van der Waals surface area contributed by atoms with Crippen molar-refractivity contribution in [2.75, 3.05) is 33.4 Å². The van der Waals surface area contributed by atoms with Crippen LogP contribution in [0.3, 0.4) is 0 Å². The first-order valence-electron chi connectivity index (χ1n) is 20.1. The Morgan fingerprint density at radius 2 is 1.21 bits per heavy atom. The van der Waals surface area contributed by atoms with Crippen LogP contribution in [0.15, 0.2) is 0 Å². The van der Waals surface area contributed by atoms with Gasteiger partial charge in [-0.3, -0.25) is 14.4 Å². The van der Waals surface area contributed by atoms with Crippen molar-refractivity contribution in [3.63, 3.8) is 0 Å². The third-order valence-electron chi connectivity index (χ3n) is 8.32. The van der Waals surface area contributed by atoms with Crippen molar-refractivity contribution in [1.29, 1.82) is 0 Å². The van der Waals surface area contributed by atoms with E-state index in [9.17, 15) is 33.6 Å². The number of carbonyl (C=O) groups is 7. The third-order valence-corrected chi connectivity index (χ3v) is 8.32. The maximum Gasteiger partial charge on any atom is 0.407 e. The number of alkyl carbamates (subject to hydrolysis) is 2. The van der Waals surface area contributed by atoms with Crippen LogP contribution in [0.5, 0.6) is 0 Å². The van der Waals surface area contributed by atoms with Gasteiger partial charge >= 0.3 is 24.1 Å². The van der Waals surface area contributed by atoms with Crippen molar-refractivity contribution < 1.29 is 57.2 Å². The normalized spacial score (nSPS) is 16.9. The van der Waals surface area contributed by atoms with E-state index in [-0.39, 0.29) is 38.9 Å². The van der Waals surface area contributed by atoms with Crippen LogP contribution in [-0.2, 0) is 47.7 Å². The second kappa shape index (κ2) is 22.3. The molecule has 5 amide bonds. The average Bonchev–Trinajstić information content (AvgIpc) is 3.56. The van der Waals surface area contributed by atoms with E-state index in [0.717, 1.165) is 0 Å². The predicted molar refractivity (Wildman–Crippen MR) is 215 cm³/mol. The molecule has 0 spiro atoms. The van der Waals surface area contributed by atoms with Gasteiger partial charge in [0.1, 0.15) is 28.9 Å². The molecule has 1 fully saturated rings. The monoisotopic (exact) mass is 829 g/mol. The molecule has 58 heavy (non-hydrogen) atoms. The standard InChI is InChI=1S/C40H72N6O12/c1-36(2,3)55-25-40(33(51)56-37(4,5)6,45-29(47)26(41)19-14-16-22-42-34(52)57-38(7,8)9)32(50)46-24-18-21-28(46)30(48)44-27(31(49)54-13)20-15-17-23-43-35(53)58-39(10,11)12/h26-28H,14-25,41H2,1-13H3,(H,42,52)(H,43,53)(H,44,48)(H,45,47)/t26-,27-,28-,40-/m0/s1. The van der Waals surface area contributed by atoms with E-state index in [1.165, 1.54) is 12.0 Å². The summed E-state index contributed by atoms with van der Waals surface area (Å²) in [5.74, 6) is -4.23. The average molecular weight is 829 g/mol. The molecular weight excluding hydrogens is 756 g/mol. The molecule has 4 atom stereocenters. The van der Waals surface area contributed by atoms with Crippen LogP contribution in [0.2, 0.25) is 0 Å². The molecule has 334 valence electrons. The number of nitrogens with one attached hydrogen (secondary N) is 4. The van der Waals surface area contributed by atoms with Crippen molar-refractivity contribution in [2.45, 2.75) is 181 Å². The van der Waals surface area contributed by atoms with Crippen molar-refractivity contribution >= 4 is 41.8 Å². The maximum absolute atomic E-state index is 14.8. The SMILES string of the molecule is COC(=O)[C@H](CCCCNC(=O)OC(C)(C)C)NC(=O)[C@@H]1CCCN1C(=O)[C@](COC(C)(C)C)(NC(=O)[C@@H](N)CCCCNC(=O)OC(C)(C)C)C(=O)OC(C)(C)C. The number of nitrogens with two attached hydrogens (primary N) is 1. The summed E-state index contributed by atoms with van der Waals surface area (Å²) in [4.78, 5) is 94.7. The van der Waals surface area contributed by atoms with Gasteiger partial charge < -0.3 is 55.6 Å². The summed E-state index contributed by atoms with van der Waals surface area (Å²) in [6.07, 6.45) is 1.48. The van der Waals surface area contributed by atoms with Gasteiger partial charge in [0, 0.05) is 19.6 Å². The zero-order valence-electron chi connectivity index (χ0n) is 37.1. The molecule has 1 saturated heterocycles. The predicted octanol–water partition coefficient (Wildman–Crippen LogP) is 3.36. The molecule has 0 radical (unpaired) electrons. The molecule has 6 N–H and O–H groups in total. The highest BCUT2D eigenvalue weighted by atomic mass is 16.6. The van der Waals surface area contributed by atoms with Gasteiger partial charge in [-0.25, -0.2) is 19.2 Å². The Balaban J connectivity index is 3.30. The summed E-state index contributed by atoms with van der Waals surface area (Å²) in [5.41, 5.74) is 0.540. The van der Waals surface area contributed by atoms with E-state index >= 15 is 0 Å². The molecule has 18 heteroatoms. The number of hydrogen-bond donors (Lipinski definition) is 5. The van der Waals surface area contributed by atoms with E-state index in [4.69, 9.17) is 29.4 Å². The lowest BCUT2D eigenvalue weighted by Gasteiger charge is -2.39. The lowest BCUT2D eigenvalue weighted by Crippen LogP contribution is -2.71. The van der Waals surface area contributed by atoms with E-state index in [1.54, 1.807) is 83.1 Å². The van der Waals surface area contributed by atoms with Gasteiger partial charge in [-0.1, -0.05) is 0 Å². The number of rotatable bonds is 19. The highest BCUT2D eigenvalue weighted by Gasteiger charge is 2.55. The summed E-state index contributed by atoms with van der Waals surface area (Å²) in [5, 5.41) is 10.6. The maximum atomic E-state index is 14.8. The molecule has 0 aromatic carbocycles. The topological polar surface area (TPSA) is 243 Å². The summed E-state index contributed by atoms with van der Waals surface area (Å²) in [6, 6.07) is -3.38. The quantitative estimate of drug-likeness (QED) is 0.0544. The number of ether oxygens (including phenoxy) is 5. The number of nitrogens with zero attached hydrogens (tertiary/aromatic N) is 1. The molecule has 0 aromatic rings. The Labute approximate surface area is 344 Å². The Morgan fingerprint density at radius 1 is 0.707 bits per heavy atom. The molecule has 1 rings (SSSR count). The molecule has 0 unspecified atom stereocenters. The van der Waals surface area contributed by atoms with Crippen LogP contribution >= 0.6 is 0 Å². The van der Waals surface area contributed by atoms with Gasteiger partial charge in [0.2, 0.25) is 17.4 Å². The van der Waals surface area contributed by atoms with Gasteiger partial charge in [-0.05, 0) is 134 Å². The molecule has 0 aromatic heterocycles.